The molecule has 0 saturated carbocycles. The second-order valence-corrected chi connectivity index (χ2v) is 6.13. The Morgan fingerprint density at radius 3 is 2.19 bits per heavy atom. The van der Waals surface area contributed by atoms with Crippen LogP contribution in [0.15, 0.2) is 27.4 Å². The van der Waals surface area contributed by atoms with Gasteiger partial charge in [-0.25, -0.2) is 0 Å². The average Bonchev–Trinajstić information content (AvgIpc) is 2.62. The fourth-order valence-corrected chi connectivity index (χ4v) is 3.16. The first-order valence-electron chi connectivity index (χ1n) is 8.02. The van der Waals surface area contributed by atoms with Crippen molar-refractivity contribution in [2.45, 2.75) is 20.8 Å². The molecule has 0 unspecified atom stereocenters. The lowest BCUT2D eigenvalue weighted by molar-refractivity contribution is 0.391. The molecule has 0 saturated heterocycles. The van der Waals surface area contributed by atoms with Crippen LogP contribution in [0.25, 0.3) is 22.3 Å². The fourth-order valence-electron chi connectivity index (χ4n) is 3.16. The van der Waals surface area contributed by atoms with Crippen molar-refractivity contribution in [3.05, 3.63) is 45.1 Å². The summed E-state index contributed by atoms with van der Waals surface area (Å²) in [4.78, 5) is 13.0. The van der Waals surface area contributed by atoms with E-state index in [4.69, 9.17) is 13.9 Å². The van der Waals surface area contributed by atoms with Crippen LogP contribution in [0.1, 0.15) is 16.7 Å². The molecule has 1 aromatic heterocycles. The second kappa shape index (κ2) is 6.29. The topological polar surface area (TPSA) is 89.1 Å². The first-order chi connectivity index (χ1) is 12.3. The molecule has 2 aromatic carbocycles. The minimum atomic E-state index is -0.471. The lowest BCUT2D eigenvalue weighted by Gasteiger charge is -2.16. The number of ether oxygens (including phenoxy) is 2. The molecule has 2 N–H and O–H groups in total. The zero-order chi connectivity index (χ0) is 19.2. The highest BCUT2D eigenvalue weighted by Crippen LogP contribution is 2.41. The van der Waals surface area contributed by atoms with Gasteiger partial charge < -0.3 is 24.1 Å². The van der Waals surface area contributed by atoms with Crippen LogP contribution >= 0.6 is 0 Å². The number of hydrogen-bond acceptors (Lipinski definition) is 6. The van der Waals surface area contributed by atoms with Crippen molar-refractivity contribution in [3.63, 3.8) is 0 Å². The molecule has 0 amide bonds. The molecule has 0 spiro atoms. The predicted molar refractivity (Wildman–Crippen MR) is 98.6 cm³/mol. The van der Waals surface area contributed by atoms with Gasteiger partial charge in [-0.05, 0) is 44.5 Å². The van der Waals surface area contributed by atoms with Crippen molar-refractivity contribution < 1.29 is 24.1 Å². The van der Waals surface area contributed by atoms with E-state index in [-0.39, 0.29) is 34.0 Å². The number of phenolic OH excluding ortho intramolecular Hbond substituents is 2. The van der Waals surface area contributed by atoms with Gasteiger partial charge in [0.2, 0.25) is 11.2 Å². The van der Waals surface area contributed by atoms with Crippen LogP contribution in [0.5, 0.6) is 23.0 Å². The Morgan fingerprint density at radius 1 is 0.962 bits per heavy atom. The summed E-state index contributed by atoms with van der Waals surface area (Å²) in [5.41, 5.74) is 2.04. The summed E-state index contributed by atoms with van der Waals surface area (Å²) >= 11 is 0. The molecule has 0 fully saturated rings. The van der Waals surface area contributed by atoms with Crippen molar-refractivity contribution in [1.82, 2.24) is 0 Å². The van der Waals surface area contributed by atoms with E-state index in [1.807, 2.05) is 0 Å². The highest BCUT2D eigenvalue weighted by Gasteiger charge is 2.24. The van der Waals surface area contributed by atoms with Gasteiger partial charge in [0.15, 0.2) is 5.76 Å². The molecule has 3 aromatic rings. The van der Waals surface area contributed by atoms with E-state index in [9.17, 15) is 15.0 Å². The van der Waals surface area contributed by atoms with Gasteiger partial charge in [0.25, 0.3) is 0 Å². The average molecular weight is 356 g/mol. The third-order valence-electron chi connectivity index (χ3n) is 4.55. The lowest BCUT2D eigenvalue weighted by atomic mass is 10.0. The Morgan fingerprint density at radius 2 is 1.62 bits per heavy atom. The molecule has 0 aliphatic rings. The van der Waals surface area contributed by atoms with Crippen molar-refractivity contribution >= 4 is 11.0 Å². The molecular formula is C20H20O6. The van der Waals surface area contributed by atoms with Crippen LogP contribution in [-0.2, 0) is 0 Å². The zero-order valence-electron chi connectivity index (χ0n) is 15.3. The van der Waals surface area contributed by atoms with Gasteiger partial charge in [0, 0.05) is 16.7 Å². The number of methoxy groups -OCH3 is 2. The quantitative estimate of drug-likeness (QED) is 0.742. The van der Waals surface area contributed by atoms with Gasteiger partial charge >= 0.3 is 0 Å². The molecular weight excluding hydrogens is 336 g/mol. The van der Waals surface area contributed by atoms with Crippen molar-refractivity contribution in [2.24, 2.45) is 0 Å². The second-order valence-electron chi connectivity index (χ2n) is 6.13. The van der Waals surface area contributed by atoms with E-state index in [0.717, 1.165) is 0 Å². The summed E-state index contributed by atoms with van der Waals surface area (Å²) < 4.78 is 16.7. The van der Waals surface area contributed by atoms with Gasteiger partial charge in [0.1, 0.15) is 28.2 Å². The van der Waals surface area contributed by atoms with Crippen molar-refractivity contribution in [2.75, 3.05) is 14.2 Å². The maximum absolute atomic E-state index is 13.0. The van der Waals surface area contributed by atoms with Crippen LogP contribution in [-0.4, -0.2) is 24.4 Å². The highest BCUT2D eigenvalue weighted by atomic mass is 16.5. The Bertz CT molecular complexity index is 1080. The summed E-state index contributed by atoms with van der Waals surface area (Å²) in [7, 11) is 2.86. The van der Waals surface area contributed by atoms with Gasteiger partial charge in [-0.1, -0.05) is 0 Å². The number of fused-ring (bicyclic) bond motifs is 1. The van der Waals surface area contributed by atoms with E-state index in [2.05, 4.69) is 0 Å². The molecule has 0 bridgehead atoms. The molecule has 0 radical (unpaired) electrons. The van der Waals surface area contributed by atoms with Gasteiger partial charge in [-0.3, -0.25) is 4.79 Å². The summed E-state index contributed by atoms with van der Waals surface area (Å²) in [6.07, 6.45) is 0. The molecule has 26 heavy (non-hydrogen) atoms. The first kappa shape index (κ1) is 17.7. The lowest BCUT2D eigenvalue weighted by Crippen LogP contribution is -2.09. The first-order valence-corrected chi connectivity index (χ1v) is 8.02. The van der Waals surface area contributed by atoms with Crippen molar-refractivity contribution in [1.29, 1.82) is 0 Å². The zero-order valence-corrected chi connectivity index (χ0v) is 15.3. The summed E-state index contributed by atoms with van der Waals surface area (Å²) in [5.74, 6) is 0.615. The molecule has 1 heterocycles. The van der Waals surface area contributed by atoms with Gasteiger partial charge in [-0.15, -0.1) is 0 Å². The summed E-state index contributed by atoms with van der Waals surface area (Å²) in [5, 5.41) is 20.3. The minimum Gasteiger partial charge on any atom is -0.508 e. The SMILES string of the molecule is COc1c(C)c(O)c2c(=O)c(OC)c(-c3ccc(O)c(C)c3)oc2c1C. The highest BCUT2D eigenvalue weighted by molar-refractivity contribution is 5.92. The van der Waals surface area contributed by atoms with E-state index in [1.165, 1.54) is 20.3 Å². The monoisotopic (exact) mass is 356 g/mol. The Balaban J connectivity index is 2.49. The maximum Gasteiger partial charge on any atom is 0.239 e. The summed E-state index contributed by atoms with van der Waals surface area (Å²) in [6, 6.07) is 4.85. The number of hydrogen-bond donors (Lipinski definition) is 2. The number of aryl methyl sites for hydroxylation is 2. The van der Waals surface area contributed by atoms with Crippen LogP contribution in [0, 0.1) is 20.8 Å². The standard InChI is InChI=1S/C20H20O6/c1-9-8-12(6-7-13(9)21)19-20(25-5)16(23)14-15(22)10(2)17(24-4)11(3)18(14)26-19/h6-8,21-22H,1-5H3. The Kier molecular flexibility index (Phi) is 4.28. The molecule has 6 heteroatoms. The molecule has 0 aliphatic heterocycles. The molecule has 3 rings (SSSR count). The van der Waals surface area contributed by atoms with E-state index >= 15 is 0 Å². The van der Waals surface area contributed by atoms with Gasteiger partial charge in [-0.2, -0.15) is 0 Å². The Labute approximate surface area is 150 Å². The Hall–Kier alpha value is -3.15. The van der Waals surface area contributed by atoms with Crippen LogP contribution < -0.4 is 14.9 Å². The smallest absolute Gasteiger partial charge is 0.239 e. The molecule has 0 aliphatic carbocycles. The molecule has 136 valence electrons. The molecule has 0 atom stereocenters. The third-order valence-corrected chi connectivity index (χ3v) is 4.55. The van der Waals surface area contributed by atoms with E-state index in [1.54, 1.807) is 32.9 Å². The van der Waals surface area contributed by atoms with Crippen LogP contribution in [0.4, 0.5) is 0 Å². The molecule has 6 nitrogen and oxygen atoms in total. The maximum atomic E-state index is 13.0. The van der Waals surface area contributed by atoms with Gasteiger partial charge in [0.05, 0.1) is 14.2 Å². The number of aromatic hydroxyl groups is 2. The largest absolute Gasteiger partial charge is 0.508 e. The van der Waals surface area contributed by atoms with Crippen molar-refractivity contribution in [3.8, 4) is 34.3 Å². The number of benzene rings is 2. The summed E-state index contributed by atoms with van der Waals surface area (Å²) in [6.45, 7) is 5.17. The fraction of sp³-hybridized carbons (Fsp3) is 0.250. The normalized spacial score (nSPS) is 11.0. The predicted octanol–water partition coefficient (Wildman–Crippen LogP) is 3.81. The van der Waals surface area contributed by atoms with Crippen LogP contribution in [0.3, 0.4) is 0 Å². The van der Waals surface area contributed by atoms with E-state index in [0.29, 0.717) is 28.0 Å². The number of phenols is 2. The minimum absolute atomic E-state index is 0.0122. The van der Waals surface area contributed by atoms with Crippen LogP contribution in [0.2, 0.25) is 0 Å². The third kappa shape index (κ3) is 2.45. The number of rotatable bonds is 3. The van der Waals surface area contributed by atoms with E-state index < -0.39 is 5.43 Å².